The van der Waals surface area contributed by atoms with Gasteiger partial charge in [-0.15, -0.1) is 0 Å². The van der Waals surface area contributed by atoms with Crippen molar-refractivity contribution in [1.82, 2.24) is 9.38 Å². The van der Waals surface area contributed by atoms with Crippen molar-refractivity contribution >= 4 is 5.52 Å². The molecule has 2 aromatic heterocycles. The first-order valence-corrected chi connectivity index (χ1v) is 6.52. The van der Waals surface area contributed by atoms with Crippen LogP contribution in [0.1, 0.15) is 22.5 Å². The van der Waals surface area contributed by atoms with E-state index in [0.717, 1.165) is 23.0 Å². The quantitative estimate of drug-likeness (QED) is 0.689. The van der Waals surface area contributed by atoms with Gasteiger partial charge in [0.1, 0.15) is 5.82 Å². The zero-order valence-corrected chi connectivity index (χ0v) is 11.4. The lowest BCUT2D eigenvalue weighted by Crippen LogP contribution is -2.06. The molecule has 0 spiro atoms. The fourth-order valence-corrected chi connectivity index (χ4v) is 2.32. The molecule has 0 unspecified atom stereocenters. The number of nitrogens with zero attached hydrogens (tertiary/aromatic N) is 2. The number of halogens is 3. The first-order chi connectivity index (χ1) is 9.93. The number of imidazole rings is 1. The number of hydrogen-bond acceptors (Lipinski definition) is 1. The van der Waals surface area contributed by atoms with Gasteiger partial charge in [-0.05, 0) is 30.2 Å². The lowest BCUT2D eigenvalue weighted by Gasteiger charge is -2.08. The van der Waals surface area contributed by atoms with Crippen LogP contribution in [0.2, 0.25) is 0 Å². The van der Waals surface area contributed by atoms with Crippen LogP contribution >= 0.6 is 0 Å². The van der Waals surface area contributed by atoms with Gasteiger partial charge in [0.25, 0.3) is 0 Å². The van der Waals surface area contributed by atoms with Crippen LogP contribution in [0.4, 0.5) is 13.2 Å². The average molecular weight is 290 g/mol. The van der Waals surface area contributed by atoms with Crippen molar-refractivity contribution in [2.45, 2.75) is 19.5 Å². The summed E-state index contributed by atoms with van der Waals surface area (Å²) in [5.74, 6) is 0.730. The second kappa shape index (κ2) is 4.91. The SMILES string of the molecule is Cc1ccc2cnc(Cc3cccc(C(F)(F)F)c3)n2c1. The number of aromatic nitrogens is 2. The third kappa shape index (κ3) is 2.77. The van der Waals surface area contributed by atoms with Gasteiger partial charge >= 0.3 is 6.18 Å². The molecule has 21 heavy (non-hydrogen) atoms. The maximum Gasteiger partial charge on any atom is 0.416 e. The summed E-state index contributed by atoms with van der Waals surface area (Å²) >= 11 is 0. The first kappa shape index (κ1) is 13.7. The molecule has 0 aliphatic carbocycles. The highest BCUT2D eigenvalue weighted by Gasteiger charge is 2.30. The molecule has 0 aliphatic heterocycles. The molecular formula is C16H13F3N2. The van der Waals surface area contributed by atoms with E-state index in [1.165, 1.54) is 12.1 Å². The molecule has 2 nitrogen and oxygen atoms in total. The minimum absolute atomic E-state index is 0.363. The molecule has 0 bridgehead atoms. The summed E-state index contributed by atoms with van der Waals surface area (Å²) in [5.41, 5.74) is 1.98. The van der Waals surface area contributed by atoms with Crippen LogP contribution in [0.25, 0.3) is 5.52 Å². The van der Waals surface area contributed by atoms with Gasteiger partial charge in [0.15, 0.2) is 0 Å². The largest absolute Gasteiger partial charge is 0.416 e. The van der Waals surface area contributed by atoms with Crippen molar-refractivity contribution in [3.63, 3.8) is 0 Å². The van der Waals surface area contributed by atoms with Crippen molar-refractivity contribution in [3.05, 3.63) is 71.3 Å². The molecule has 0 aliphatic rings. The van der Waals surface area contributed by atoms with Gasteiger partial charge in [-0.25, -0.2) is 4.98 Å². The molecular weight excluding hydrogens is 277 g/mol. The van der Waals surface area contributed by atoms with Gasteiger partial charge in [-0.2, -0.15) is 13.2 Å². The average Bonchev–Trinajstić information content (AvgIpc) is 2.81. The third-order valence-electron chi connectivity index (χ3n) is 3.37. The smallest absolute Gasteiger partial charge is 0.303 e. The summed E-state index contributed by atoms with van der Waals surface area (Å²) < 4.78 is 40.1. The number of alkyl halides is 3. The Bertz CT molecular complexity index is 788. The van der Waals surface area contributed by atoms with Crippen molar-refractivity contribution < 1.29 is 13.2 Å². The zero-order valence-electron chi connectivity index (χ0n) is 11.4. The van der Waals surface area contributed by atoms with Gasteiger partial charge in [0.2, 0.25) is 0 Å². The van der Waals surface area contributed by atoms with Gasteiger partial charge in [0, 0.05) is 12.6 Å². The Morgan fingerprint density at radius 1 is 1.14 bits per heavy atom. The lowest BCUT2D eigenvalue weighted by molar-refractivity contribution is -0.137. The molecule has 0 saturated heterocycles. The molecule has 0 N–H and O–H groups in total. The number of aryl methyl sites for hydroxylation is 1. The van der Waals surface area contributed by atoms with Crippen LogP contribution in [0.3, 0.4) is 0 Å². The molecule has 3 rings (SSSR count). The summed E-state index contributed by atoms with van der Waals surface area (Å²) in [6.45, 7) is 1.97. The van der Waals surface area contributed by atoms with E-state index >= 15 is 0 Å². The summed E-state index contributed by atoms with van der Waals surface area (Å²) in [6.07, 6.45) is -0.295. The highest BCUT2D eigenvalue weighted by molar-refractivity contribution is 5.47. The fourth-order valence-electron chi connectivity index (χ4n) is 2.32. The second-order valence-corrected chi connectivity index (χ2v) is 5.05. The normalized spacial score (nSPS) is 12.0. The van der Waals surface area contributed by atoms with Gasteiger partial charge < -0.3 is 4.40 Å². The standard InChI is InChI=1S/C16H13F3N2/c1-11-5-6-14-9-20-15(21(14)10-11)8-12-3-2-4-13(7-12)16(17,18)19/h2-7,9-10H,8H2,1H3. The topological polar surface area (TPSA) is 17.3 Å². The fraction of sp³-hybridized carbons (Fsp3) is 0.188. The molecule has 5 heteroatoms. The number of fused-ring (bicyclic) bond motifs is 1. The molecule has 0 radical (unpaired) electrons. The monoisotopic (exact) mass is 290 g/mol. The Balaban J connectivity index is 1.97. The molecule has 1 aromatic carbocycles. The van der Waals surface area contributed by atoms with E-state index in [1.54, 1.807) is 12.3 Å². The number of pyridine rings is 1. The van der Waals surface area contributed by atoms with E-state index in [-0.39, 0.29) is 0 Å². The molecule has 108 valence electrons. The van der Waals surface area contributed by atoms with Crippen molar-refractivity contribution in [2.24, 2.45) is 0 Å². The molecule has 2 heterocycles. The predicted octanol–water partition coefficient (Wildman–Crippen LogP) is 4.25. The van der Waals surface area contributed by atoms with Crippen LogP contribution in [0, 0.1) is 6.92 Å². The number of benzene rings is 1. The Labute approximate surface area is 119 Å². The summed E-state index contributed by atoms with van der Waals surface area (Å²) in [4.78, 5) is 4.31. The van der Waals surface area contributed by atoms with E-state index in [0.29, 0.717) is 12.0 Å². The Hall–Kier alpha value is -2.30. The summed E-state index contributed by atoms with van der Waals surface area (Å²) in [5, 5.41) is 0. The second-order valence-electron chi connectivity index (χ2n) is 5.05. The minimum atomic E-state index is -4.32. The first-order valence-electron chi connectivity index (χ1n) is 6.52. The van der Waals surface area contributed by atoms with Gasteiger partial charge in [-0.1, -0.05) is 24.3 Å². The number of rotatable bonds is 2. The Morgan fingerprint density at radius 2 is 1.95 bits per heavy atom. The van der Waals surface area contributed by atoms with Gasteiger partial charge in [-0.3, -0.25) is 0 Å². The molecule has 3 aromatic rings. The van der Waals surface area contributed by atoms with E-state index in [2.05, 4.69) is 4.98 Å². The van der Waals surface area contributed by atoms with Crippen LogP contribution in [-0.4, -0.2) is 9.38 Å². The molecule has 0 amide bonds. The summed E-state index contributed by atoms with van der Waals surface area (Å²) in [7, 11) is 0. The lowest BCUT2D eigenvalue weighted by atomic mass is 10.1. The van der Waals surface area contributed by atoms with E-state index < -0.39 is 11.7 Å². The van der Waals surface area contributed by atoms with Crippen LogP contribution < -0.4 is 0 Å². The zero-order chi connectivity index (χ0) is 15.0. The molecule has 0 atom stereocenters. The van der Waals surface area contributed by atoms with Crippen molar-refractivity contribution in [3.8, 4) is 0 Å². The van der Waals surface area contributed by atoms with Crippen molar-refractivity contribution in [2.75, 3.05) is 0 Å². The highest BCUT2D eigenvalue weighted by atomic mass is 19.4. The van der Waals surface area contributed by atoms with E-state index in [4.69, 9.17) is 0 Å². The van der Waals surface area contributed by atoms with Crippen LogP contribution in [-0.2, 0) is 12.6 Å². The minimum Gasteiger partial charge on any atom is -0.303 e. The molecule has 0 saturated carbocycles. The van der Waals surface area contributed by atoms with Crippen molar-refractivity contribution in [1.29, 1.82) is 0 Å². The molecule has 0 fully saturated rings. The van der Waals surface area contributed by atoms with Crippen LogP contribution in [0.5, 0.6) is 0 Å². The maximum absolute atomic E-state index is 12.7. The van der Waals surface area contributed by atoms with E-state index in [1.807, 2.05) is 29.7 Å². The summed E-state index contributed by atoms with van der Waals surface area (Å²) in [6, 6.07) is 9.29. The van der Waals surface area contributed by atoms with Gasteiger partial charge in [0.05, 0.1) is 17.3 Å². The van der Waals surface area contributed by atoms with Crippen LogP contribution in [0.15, 0.2) is 48.8 Å². The highest BCUT2D eigenvalue weighted by Crippen LogP contribution is 2.30. The Kier molecular flexibility index (Phi) is 3.20. The Morgan fingerprint density at radius 3 is 2.71 bits per heavy atom. The third-order valence-corrected chi connectivity index (χ3v) is 3.37. The predicted molar refractivity (Wildman–Crippen MR) is 74.2 cm³/mol. The van der Waals surface area contributed by atoms with E-state index in [9.17, 15) is 13.2 Å². The number of hydrogen-bond donors (Lipinski definition) is 0. The maximum atomic E-state index is 12.7.